The lowest BCUT2D eigenvalue weighted by Crippen LogP contribution is -2.36. The zero-order chi connectivity index (χ0) is 13.4. The van der Waals surface area contributed by atoms with Crippen LogP contribution >= 0.6 is 0 Å². The molecule has 18 heavy (non-hydrogen) atoms. The second-order valence-corrected chi connectivity index (χ2v) is 5.20. The highest BCUT2D eigenvalue weighted by atomic mass is 14.9. The quantitative estimate of drug-likeness (QED) is 0.758. The van der Waals surface area contributed by atoms with E-state index in [1.165, 1.54) is 36.9 Å². The van der Waals surface area contributed by atoms with E-state index >= 15 is 0 Å². The summed E-state index contributed by atoms with van der Waals surface area (Å²) in [6.07, 6.45) is 8.11. The van der Waals surface area contributed by atoms with Crippen molar-refractivity contribution in [2.75, 3.05) is 7.05 Å². The molecule has 0 spiro atoms. The van der Waals surface area contributed by atoms with Gasteiger partial charge in [0.2, 0.25) is 0 Å². The average molecular weight is 248 g/mol. The molecule has 2 nitrogen and oxygen atoms in total. The summed E-state index contributed by atoms with van der Waals surface area (Å²) in [6.45, 7) is 6.71. The predicted octanol–water partition coefficient (Wildman–Crippen LogP) is 3.74. The van der Waals surface area contributed by atoms with Gasteiger partial charge in [-0.05, 0) is 44.4 Å². The van der Waals surface area contributed by atoms with Crippen molar-refractivity contribution in [1.29, 1.82) is 0 Å². The van der Waals surface area contributed by atoms with Crippen LogP contribution in [0.4, 0.5) is 0 Å². The van der Waals surface area contributed by atoms with Crippen LogP contribution in [0.3, 0.4) is 0 Å². The largest absolute Gasteiger partial charge is 0.316 e. The topological polar surface area (TPSA) is 24.9 Å². The van der Waals surface area contributed by atoms with Crippen LogP contribution in [0.25, 0.3) is 0 Å². The van der Waals surface area contributed by atoms with Crippen molar-refractivity contribution >= 4 is 0 Å². The molecule has 0 saturated carbocycles. The molecule has 0 aliphatic rings. The van der Waals surface area contributed by atoms with E-state index < -0.39 is 0 Å². The number of aryl methyl sites for hydroxylation is 1. The van der Waals surface area contributed by atoms with E-state index in [4.69, 9.17) is 0 Å². The molecule has 0 radical (unpaired) electrons. The number of aromatic nitrogens is 1. The maximum absolute atomic E-state index is 4.53. The van der Waals surface area contributed by atoms with E-state index in [0.29, 0.717) is 6.04 Å². The zero-order valence-corrected chi connectivity index (χ0v) is 12.4. The highest BCUT2D eigenvalue weighted by molar-refractivity contribution is 5.18. The first-order valence-corrected chi connectivity index (χ1v) is 7.30. The number of likely N-dealkylation sites (N-methyl/N-ethyl adjacent to an activating group) is 1. The van der Waals surface area contributed by atoms with Gasteiger partial charge in [-0.1, -0.05) is 32.8 Å². The molecule has 1 unspecified atom stereocenters. The molecular formula is C16H28N2. The van der Waals surface area contributed by atoms with Crippen LogP contribution in [0, 0.1) is 12.8 Å². The number of hydrogen-bond acceptors (Lipinski definition) is 2. The molecule has 1 heterocycles. The van der Waals surface area contributed by atoms with Crippen molar-refractivity contribution in [3.63, 3.8) is 0 Å². The summed E-state index contributed by atoms with van der Waals surface area (Å²) in [5, 5.41) is 3.51. The summed E-state index contributed by atoms with van der Waals surface area (Å²) in [7, 11) is 2.08. The fraction of sp³-hybridized carbons (Fsp3) is 0.688. The maximum atomic E-state index is 4.53. The van der Waals surface area contributed by atoms with Gasteiger partial charge >= 0.3 is 0 Å². The van der Waals surface area contributed by atoms with Crippen LogP contribution in [0.1, 0.15) is 50.8 Å². The van der Waals surface area contributed by atoms with Gasteiger partial charge < -0.3 is 5.32 Å². The zero-order valence-electron chi connectivity index (χ0n) is 12.4. The van der Waals surface area contributed by atoms with Gasteiger partial charge in [-0.25, -0.2) is 0 Å². The number of nitrogens with one attached hydrogen (secondary N) is 1. The Bertz CT molecular complexity index is 330. The molecule has 1 atom stereocenters. The fourth-order valence-electron chi connectivity index (χ4n) is 2.73. The van der Waals surface area contributed by atoms with Gasteiger partial charge in [0.25, 0.3) is 0 Å². The van der Waals surface area contributed by atoms with Gasteiger partial charge in [-0.15, -0.1) is 0 Å². The number of pyridine rings is 1. The van der Waals surface area contributed by atoms with E-state index in [1.807, 2.05) is 12.3 Å². The lowest BCUT2D eigenvalue weighted by Gasteiger charge is -2.26. The Balaban J connectivity index is 2.73. The molecule has 0 amide bonds. The van der Waals surface area contributed by atoms with Gasteiger partial charge in [0, 0.05) is 24.4 Å². The second kappa shape index (κ2) is 8.25. The minimum atomic E-state index is 0.554. The fourth-order valence-corrected chi connectivity index (χ4v) is 2.73. The van der Waals surface area contributed by atoms with Gasteiger partial charge in [-0.2, -0.15) is 0 Å². The smallest absolute Gasteiger partial charge is 0.0448 e. The molecular weight excluding hydrogens is 220 g/mol. The Morgan fingerprint density at radius 2 is 1.89 bits per heavy atom. The number of rotatable bonds is 8. The molecule has 1 aromatic rings. The van der Waals surface area contributed by atoms with E-state index in [1.54, 1.807) is 0 Å². The van der Waals surface area contributed by atoms with Crippen molar-refractivity contribution < 1.29 is 0 Å². The first-order valence-electron chi connectivity index (χ1n) is 7.30. The molecule has 102 valence electrons. The Morgan fingerprint density at radius 1 is 1.22 bits per heavy atom. The van der Waals surface area contributed by atoms with Crippen molar-refractivity contribution in [3.05, 3.63) is 29.6 Å². The lowest BCUT2D eigenvalue weighted by atomic mass is 9.87. The van der Waals surface area contributed by atoms with Crippen LogP contribution in [0.15, 0.2) is 18.3 Å². The first-order chi connectivity index (χ1) is 8.72. The average Bonchev–Trinajstić information content (AvgIpc) is 2.38. The first kappa shape index (κ1) is 15.2. The summed E-state index contributed by atoms with van der Waals surface area (Å²) >= 11 is 0. The highest BCUT2D eigenvalue weighted by Gasteiger charge is 2.19. The van der Waals surface area contributed by atoms with E-state index in [2.05, 4.69) is 44.2 Å². The molecule has 0 aromatic carbocycles. The normalized spacial score (nSPS) is 12.9. The third-order valence-corrected chi connectivity index (χ3v) is 3.79. The van der Waals surface area contributed by atoms with Crippen LogP contribution in [0.5, 0.6) is 0 Å². The van der Waals surface area contributed by atoms with Crippen molar-refractivity contribution in [2.24, 2.45) is 5.92 Å². The molecule has 1 aromatic heterocycles. The van der Waals surface area contributed by atoms with Crippen LogP contribution in [-0.4, -0.2) is 18.1 Å². The molecule has 0 fully saturated rings. The lowest BCUT2D eigenvalue weighted by molar-refractivity contribution is 0.321. The van der Waals surface area contributed by atoms with E-state index in [-0.39, 0.29) is 0 Å². The molecule has 1 rings (SSSR count). The van der Waals surface area contributed by atoms with Crippen LogP contribution < -0.4 is 5.32 Å². The monoisotopic (exact) mass is 248 g/mol. The minimum Gasteiger partial charge on any atom is -0.316 e. The Labute approximate surface area is 112 Å². The molecule has 1 N–H and O–H groups in total. The number of hydrogen-bond donors (Lipinski definition) is 1. The Morgan fingerprint density at radius 3 is 2.39 bits per heavy atom. The Kier molecular flexibility index (Phi) is 6.96. The van der Waals surface area contributed by atoms with Crippen LogP contribution in [-0.2, 0) is 6.42 Å². The van der Waals surface area contributed by atoms with Gasteiger partial charge in [0.05, 0.1) is 0 Å². The third kappa shape index (κ3) is 4.41. The van der Waals surface area contributed by atoms with Gasteiger partial charge in [0.1, 0.15) is 0 Å². The van der Waals surface area contributed by atoms with Crippen molar-refractivity contribution in [3.8, 4) is 0 Å². The SMILES string of the molecule is CCCC(CCC)C(Cc1ncccc1C)NC. The molecule has 0 bridgehead atoms. The molecule has 0 saturated heterocycles. The predicted molar refractivity (Wildman–Crippen MR) is 78.8 cm³/mol. The highest BCUT2D eigenvalue weighted by Crippen LogP contribution is 2.21. The third-order valence-electron chi connectivity index (χ3n) is 3.79. The van der Waals surface area contributed by atoms with Gasteiger partial charge in [-0.3, -0.25) is 4.98 Å². The molecule has 0 aliphatic carbocycles. The summed E-state index contributed by atoms with van der Waals surface area (Å²) in [5.74, 6) is 0.770. The number of nitrogens with zero attached hydrogens (tertiary/aromatic N) is 1. The minimum absolute atomic E-state index is 0.554. The van der Waals surface area contributed by atoms with Gasteiger partial charge in [0.15, 0.2) is 0 Å². The summed E-state index contributed by atoms with van der Waals surface area (Å²) in [5.41, 5.74) is 2.55. The second-order valence-electron chi connectivity index (χ2n) is 5.20. The summed E-state index contributed by atoms with van der Waals surface area (Å²) in [4.78, 5) is 4.53. The van der Waals surface area contributed by atoms with E-state index in [9.17, 15) is 0 Å². The molecule has 0 aliphatic heterocycles. The van der Waals surface area contributed by atoms with E-state index in [0.717, 1.165) is 12.3 Å². The van der Waals surface area contributed by atoms with Crippen molar-refractivity contribution in [2.45, 2.75) is 58.9 Å². The van der Waals surface area contributed by atoms with Crippen molar-refractivity contribution in [1.82, 2.24) is 10.3 Å². The maximum Gasteiger partial charge on any atom is 0.0448 e. The molecule has 2 heteroatoms. The summed E-state index contributed by atoms with van der Waals surface area (Å²) in [6, 6.07) is 4.73. The van der Waals surface area contributed by atoms with Crippen LogP contribution in [0.2, 0.25) is 0 Å². The standard InChI is InChI=1S/C16H28N2/c1-5-8-14(9-6-2)16(17-4)12-15-13(3)10-7-11-18-15/h7,10-11,14,16-17H,5-6,8-9,12H2,1-4H3. The summed E-state index contributed by atoms with van der Waals surface area (Å²) < 4.78 is 0. The Hall–Kier alpha value is -0.890.